The number of benzene rings is 3. The van der Waals surface area contributed by atoms with Crippen molar-refractivity contribution in [2.75, 3.05) is 17.7 Å². The first-order chi connectivity index (χ1) is 17.1. The number of aromatic nitrogens is 3. The fourth-order valence-corrected chi connectivity index (χ4v) is 4.90. The average Bonchev–Trinajstić information content (AvgIpc) is 3.53. The highest BCUT2D eigenvalue weighted by molar-refractivity contribution is 7.99. The van der Waals surface area contributed by atoms with E-state index >= 15 is 0 Å². The monoisotopic (exact) mass is 489 g/mol. The molecule has 0 radical (unpaired) electrons. The molecule has 1 amide bonds. The van der Waals surface area contributed by atoms with Gasteiger partial charge in [-0.2, -0.15) is 0 Å². The Morgan fingerprint density at radius 2 is 1.91 bits per heavy atom. The van der Waals surface area contributed by atoms with Crippen molar-refractivity contribution >= 4 is 39.8 Å². The van der Waals surface area contributed by atoms with E-state index in [4.69, 9.17) is 4.74 Å². The molecular formula is C25H23N5O4S. The highest BCUT2D eigenvalue weighted by atomic mass is 32.2. The van der Waals surface area contributed by atoms with E-state index in [1.807, 2.05) is 47.0 Å². The molecule has 9 nitrogen and oxygen atoms in total. The van der Waals surface area contributed by atoms with Crippen molar-refractivity contribution in [1.82, 2.24) is 14.8 Å². The first-order valence-electron chi connectivity index (χ1n) is 11.3. The average molecular weight is 490 g/mol. The van der Waals surface area contributed by atoms with Gasteiger partial charge in [0.1, 0.15) is 0 Å². The minimum absolute atomic E-state index is 0.0126. The zero-order valence-electron chi connectivity index (χ0n) is 18.8. The molecule has 1 atom stereocenters. The van der Waals surface area contributed by atoms with Gasteiger partial charge in [0.25, 0.3) is 5.69 Å². The van der Waals surface area contributed by atoms with Crippen molar-refractivity contribution in [2.24, 2.45) is 0 Å². The zero-order valence-corrected chi connectivity index (χ0v) is 19.6. The van der Waals surface area contributed by atoms with Crippen LogP contribution in [0, 0.1) is 10.1 Å². The Labute approximate surface area is 205 Å². The maximum Gasteiger partial charge on any atom is 0.269 e. The van der Waals surface area contributed by atoms with Crippen LogP contribution in [0.3, 0.4) is 0 Å². The minimum Gasteiger partial charge on any atom is -0.376 e. The molecule has 1 fully saturated rings. The Morgan fingerprint density at radius 3 is 2.69 bits per heavy atom. The summed E-state index contributed by atoms with van der Waals surface area (Å²) in [7, 11) is 0. The summed E-state index contributed by atoms with van der Waals surface area (Å²) in [5.41, 5.74) is 1.49. The zero-order chi connectivity index (χ0) is 24.2. The molecular weight excluding hydrogens is 466 g/mol. The summed E-state index contributed by atoms with van der Waals surface area (Å²) in [4.78, 5) is 23.4. The van der Waals surface area contributed by atoms with Crippen LogP contribution in [0.2, 0.25) is 0 Å². The van der Waals surface area contributed by atoms with Gasteiger partial charge in [-0.25, -0.2) is 0 Å². The predicted molar refractivity (Wildman–Crippen MR) is 134 cm³/mol. The molecule has 0 aliphatic carbocycles. The Bertz CT molecular complexity index is 1360. The van der Waals surface area contributed by atoms with Gasteiger partial charge in [0.15, 0.2) is 11.0 Å². The summed E-state index contributed by atoms with van der Waals surface area (Å²) in [6, 6.07) is 19.9. The number of hydrogen-bond donors (Lipinski definition) is 1. The topological polar surface area (TPSA) is 112 Å². The Kier molecular flexibility index (Phi) is 6.73. The summed E-state index contributed by atoms with van der Waals surface area (Å²) in [5, 5.41) is 25.3. The van der Waals surface area contributed by atoms with E-state index in [9.17, 15) is 14.9 Å². The third-order valence-electron chi connectivity index (χ3n) is 5.86. The summed E-state index contributed by atoms with van der Waals surface area (Å²) in [5.74, 6) is 0.606. The maximum atomic E-state index is 12.8. The van der Waals surface area contributed by atoms with E-state index in [1.54, 1.807) is 12.1 Å². The third-order valence-corrected chi connectivity index (χ3v) is 6.83. The van der Waals surface area contributed by atoms with E-state index in [-0.39, 0.29) is 23.5 Å². The number of amides is 1. The molecule has 1 aliphatic heterocycles. The molecule has 5 rings (SSSR count). The lowest BCUT2D eigenvalue weighted by Crippen LogP contribution is -2.18. The number of anilines is 1. The van der Waals surface area contributed by atoms with Crippen LogP contribution in [-0.4, -0.2) is 44.1 Å². The fraction of sp³-hybridized carbons (Fsp3) is 0.240. The number of nitrogens with one attached hydrogen (secondary N) is 1. The Morgan fingerprint density at radius 1 is 1.11 bits per heavy atom. The van der Waals surface area contributed by atoms with Crippen molar-refractivity contribution in [1.29, 1.82) is 0 Å². The number of ether oxygens (including phenoxy) is 1. The maximum absolute atomic E-state index is 12.8. The molecule has 1 N–H and O–H groups in total. The van der Waals surface area contributed by atoms with Crippen LogP contribution >= 0.6 is 11.8 Å². The number of carbonyl (C=O) groups is 1. The molecule has 1 aromatic heterocycles. The van der Waals surface area contributed by atoms with E-state index in [0.29, 0.717) is 23.1 Å². The standard InChI is InChI=1S/C25H23N5O4S/c31-23(26-22-9-3-6-17-5-1-2-8-21(17)22)16-35-25-28-27-24(29(25)15-20-7-4-14-34-20)18-10-12-19(13-11-18)30(32)33/h1-3,5-6,8-13,20H,4,7,14-16H2,(H,26,31)/t20-/m1/s1. The lowest BCUT2D eigenvalue weighted by atomic mass is 10.1. The second-order valence-electron chi connectivity index (χ2n) is 8.22. The van der Waals surface area contributed by atoms with Gasteiger partial charge in [-0.1, -0.05) is 48.2 Å². The highest BCUT2D eigenvalue weighted by Gasteiger charge is 2.22. The lowest BCUT2D eigenvalue weighted by Gasteiger charge is -2.15. The Hall–Kier alpha value is -3.76. The van der Waals surface area contributed by atoms with Gasteiger partial charge in [-0.3, -0.25) is 19.5 Å². The molecule has 0 bridgehead atoms. The van der Waals surface area contributed by atoms with Gasteiger partial charge in [0.2, 0.25) is 5.91 Å². The van der Waals surface area contributed by atoms with Crippen molar-refractivity contribution in [3.8, 4) is 11.4 Å². The van der Waals surface area contributed by atoms with Crippen molar-refractivity contribution in [2.45, 2.75) is 30.6 Å². The van der Waals surface area contributed by atoms with Crippen molar-refractivity contribution < 1.29 is 14.5 Å². The summed E-state index contributed by atoms with van der Waals surface area (Å²) >= 11 is 1.30. The number of carbonyl (C=O) groups excluding carboxylic acids is 1. The van der Waals surface area contributed by atoms with Crippen LogP contribution in [-0.2, 0) is 16.1 Å². The molecule has 4 aromatic rings. The summed E-state index contributed by atoms with van der Waals surface area (Å²) < 4.78 is 7.75. The van der Waals surface area contributed by atoms with Crippen molar-refractivity contribution in [3.05, 3.63) is 76.8 Å². The largest absolute Gasteiger partial charge is 0.376 e. The molecule has 0 spiro atoms. The number of hydrogen-bond acceptors (Lipinski definition) is 7. The lowest BCUT2D eigenvalue weighted by molar-refractivity contribution is -0.384. The quantitative estimate of drug-likeness (QED) is 0.212. The number of nitrogens with zero attached hydrogens (tertiary/aromatic N) is 4. The van der Waals surface area contributed by atoms with Crippen LogP contribution in [0.1, 0.15) is 12.8 Å². The molecule has 35 heavy (non-hydrogen) atoms. The van der Waals surface area contributed by atoms with E-state index in [1.165, 1.54) is 23.9 Å². The Balaban J connectivity index is 1.34. The van der Waals surface area contributed by atoms with Crippen LogP contribution < -0.4 is 5.32 Å². The first-order valence-corrected chi connectivity index (χ1v) is 12.3. The predicted octanol–water partition coefficient (Wildman–Crippen LogP) is 4.92. The van der Waals surface area contributed by atoms with Gasteiger partial charge < -0.3 is 10.1 Å². The molecule has 2 heterocycles. The first kappa shape index (κ1) is 23.0. The third kappa shape index (κ3) is 5.18. The molecule has 178 valence electrons. The van der Waals surface area contributed by atoms with Crippen LogP contribution in [0.25, 0.3) is 22.2 Å². The van der Waals surface area contributed by atoms with Gasteiger partial charge in [-0.05, 0) is 36.4 Å². The summed E-state index contributed by atoms with van der Waals surface area (Å²) in [6.07, 6.45) is 1.96. The molecule has 10 heteroatoms. The molecule has 1 aliphatic rings. The van der Waals surface area contributed by atoms with Gasteiger partial charge in [-0.15, -0.1) is 10.2 Å². The smallest absolute Gasteiger partial charge is 0.269 e. The number of nitro benzene ring substituents is 1. The highest BCUT2D eigenvalue weighted by Crippen LogP contribution is 2.28. The van der Waals surface area contributed by atoms with E-state index in [0.717, 1.165) is 35.9 Å². The normalized spacial score (nSPS) is 15.4. The van der Waals surface area contributed by atoms with Crippen molar-refractivity contribution in [3.63, 3.8) is 0 Å². The molecule has 0 unspecified atom stereocenters. The number of fused-ring (bicyclic) bond motifs is 1. The van der Waals surface area contributed by atoms with Crippen LogP contribution in [0.15, 0.2) is 71.9 Å². The SMILES string of the molecule is O=C(CSc1nnc(-c2ccc([N+](=O)[O-])cc2)n1C[C@H]1CCCO1)Nc1cccc2ccccc12. The second-order valence-corrected chi connectivity index (χ2v) is 9.16. The van der Waals surface area contributed by atoms with Crippen LogP contribution in [0.5, 0.6) is 0 Å². The number of thioether (sulfide) groups is 1. The number of rotatable bonds is 8. The number of nitro groups is 1. The van der Waals surface area contributed by atoms with E-state index < -0.39 is 4.92 Å². The fourth-order valence-electron chi connectivity index (χ4n) is 4.15. The molecule has 1 saturated heterocycles. The van der Waals surface area contributed by atoms with Gasteiger partial charge >= 0.3 is 0 Å². The van der Waals surface area contributed by atoms with Crippen LogP contribution in [0.4, 0.5) is 11.4 Å². The minimum atomic E-state index is -0.434. The van der Waals surface area contributed by atoms with Gasteiger partial charge in [0.05, 0.1) is 23.3 Å². The van der Waals surface area contributed by atoms with Gasteiger partial charge in [0, 0.05) is 35.4 Å². The summed E-state index contributed by atoms with van der Waals surface area (Å²) in [6.45, 7) is 1.27. The molecule has 3 aromatic carbocycles. The second kappa shape index (κ2) is 10.2. The number of non-ortho nitro benzene ring substituents is 1. The molecule has 0 saturated carbocycles. The van der Waals surface area contributed by atoms with E-state index in [2.05, 4.69) is 15.5 Å².